The van der Waals surface area contributed by atoms with Crippen molar-refractivity contribution in [2.75, 3.05) is 7.11 Å². The average molecular weight is 256 g/mol. The fourth-order valence-corrected chi connectivity index (χ4v) is 1.38. The molecule has 0 fully saturated rings. The van der Waals surface area contributed by atoms with E-state index in [1.54, 1.807) is 0 Å². The highest BCUT2D eigenvalue weighted by Crippen LogP contribution is 2.13. The van der Waals surface area contributed by atoms with Crippen LogP contribution in [0.15, 0.2) is 18.3 Å². The number of Topliss-reactive ketones (excluding diaryl/α,β-unsaturated/α-hetero) is 2. The number of methoxy groups -OCH3 is 1. The molecule has 0 aliphatic rings. The van der Waals surface area contributed by atoms with E-state index in [2.05, 4.69) is 9.72 Å². The number of halogens is 1. The third kappa shape index (κ3) is 3.10. The minimum Gasteiger partial charge on any atom is -0.468 e. The molecule has 17 heavy (non-hydrogen) atoms. The summed E-state index contributed by atoms with van der Waals surface area (Å²) in [5, 5.41) is 0.221. The number of nitrogens with zero attached hydrogens (tertiary/aromatic N) is 1. The standard InChI is InChI=1S/C11H10ClNO4/c1-6(14)9(11(16)17-2)10(15)7-3-4-8(12)13-5-7/h3-5,9H,1-2H3. The summed E-state index contributed by atoms with van der Waals surface area (Å²) >= 11 is 5.57. The molecular weight excluding hydrogens is 246 g/mol. The van der Waals surface area contributed by atoms with Gasteiger partial charge in [0.2, 0.25) is 0 Å². The highest BCUT2D eigenvalue weighted by Gasteiger charge is 2.32. The first kappa shape index (κ1) is 13.3. The maximum Gasteiger partial charge on any atom is 0.324 e. The Labute approximate surface area is 103 Å². The second-order valence-corrected chi connectivity index (χ2v) is 3.69. The maximum absolute atomic E-state index is 11.9. The minimum atomic E-state index is -1.44. The lowest BCUT2D eigenvalue weighted by Gasteiger charge is -2.09. The number of ether oxygens (including phenoxy) is 1. The lowest BCUT2D eigenvalue weighted by molar-refractivity contribution is -0.146. The van der Waals surface area contributed by atoms with E-state index >= 15 is 0 Å². The summed E-state index contributed by atoms with van der Waals surface area (Å²) in [6.45, 7) is 1.16. The summed E-state index contributed by atoms with van der Waals surface area (Å²) in [5.74, 6) is -3.54. The van der Waals surface area contributed by atoms with Crippen LogP contribution in [0.5, 0.6) is 0 Å². The van der Waals surface area contributed by atoms with E-state index < -0.39 is 23.5 Å². The van der Waals surface area contributed by atoms with Gasteiger partial charge in [0, 0.05) is 11.8 Å². The van der Waals surface area contributed by atoms with Gasteiger partial charge in [-0.3, -0.25) is 14.4 Å². The molecule has 0 saturated heterocycles. The van der Waals surface area contributed by atoms with Crippen molar-refractivity contribution in [3.05, 3.63) is 29.0 Å². The lowest BCUT2D eigenvalue weighted by Crippen LogP contribution is -2.31. The van der Waals surface area contributed by atoms with Gasteiger partial charge in [0.25, 0.3) is 0 Å². The molecule has 0 N–H and O–H groups in total. The van der Waals surface area contributed by atoms with Crippen LogP contribution in [0.25, 0.3) is 0 Å². The highest BCUT2D eigenvalue weighted by molar-refractivity contribution is 6.29. The third-order valence-electron chi connectivity index (χ3n) is 2.12. The molecule has 1 rings (SSSR count). The van der Waals surface area contributed by atoms with Gasteiger partial charge in [0.05, 0.1) is 7.11 Å². The molecule has 0 radical (unpaired) electrons. The Morgan fingerprint density at radius 1 is 1.35 bits per heavy atom. The molecule has 6 heteroatoms. The molecule has 1 aromatic rings. The summed E-state index contributed by atoms with van der Waals surface area (Å²) in [7, 11) is 1.12. The minimum absolute atomic E-state index is 0.139. The van der Waals surface area contributed by atoms with E-state index in [1.807, 2.05) is 0 Å². The van der Waals surface area contributed by atoms with Crippen molar-refractivity contribution in [3.63, 3.8) is 0 Å². The number of carbonyl (C=O) groups is 3. The van der Waals surface area contributed by atoms with Crippen LogP contribution in [0.3, 0.4) is 0 Å². The molecule has 0 aliphatic heterocycles. The SMILES string of the molecule is COC(=O)C(C(C)=O)C(=O)c1ccc(Cl)nc1. The molecule has 0 amide bonds. The molecule has 0 bridgehead atoms. The summed E-state index contributed by atoms with van der Waals surface area (Å²) in [6.07, 6.45) is 1.21. The van der Waals surface area contributed by atoms with Gasteiger partial charge < -0.3 is 4.74 Å². The van der Waals surface area contributed by atoms with Crippen molar-refractivity contribution in [1.82, 2.24) is 4.98 Å². The van der Waals surface area contributed by atoms with Crippen LogP contribution in [0.2, 0.25) is 5.15 Å². The number of pyridine rings is 1. The van der Waals surface area contributed by atoms with E-state index in [0.29, 0.717) is 0 Å². The van der Waals surface area contributed by atoms with Gasteiger partial charge in [0.1, 0.15) is 5.15 Å². The highest BCUT2D eigenvalue weighted by atomic mass is 35.5. The van der Waals surface area contributed by atoms with Crippen molar-refractivity contribution in [2.24, 2.45) is 5.92 Å². The van der Waals surface area contributed by atoms with Crippen molar-refractivity contribution in [2.45, 2.75) is 6.92 Å². The second-order valence-electron chi connectivity index (χ2n) is 3.30. The first-order valence-electron chi connectivity index (χ1n) is 4.71. The fraction of sp³-hybridized carbons (Fsp3) is 0.273. The van der Waals surface area contributed by atoms with E-state index in [4.69, 9.17) is 11.6 Å². The molecule has 1 heterocycles. The van der Waals surface area contributed by atoms with Gasteiger partial charge in [0.15, 0.2) is 17.5 Å². The van der Waals surface area contributed by atoms with Crippen molar-refractivity contribution >= 4 is 29.1 Å². The van der Waals surface area contributed by atoms with Crippen molar-refractivity contribution < 1.29 is 19.1 Å². The topological polar surface area (TPSA) is 73.3 Å². The number of hydrogen-bond acceptors (Lipinski definition) is 5. The number of aromatic nitrogens is 1. The number of esters is 1. The van der Waals surface area contributed by atoms with Crippen LogP contribution in [0.4, 0.5) is 0 Å². The number of rotatable bonds is 4. The molecule has 1 aromatic heterocycles. The smallest absolute Gasteiger partial charge is 0.324 e. The van der Waals surface area contributed by atoms with Crippen molar-refractivity contribution in [1.29, 1.82) is 0 Å². The van der Waals surface area contributed by atoms with Gasteiger partial charge in [-0.25, -0.2) is 4.98 Å². The summed E-state index contributed by atoms with van der Waals surface area (Å²) in [4.78, 5) is 38.2. The monoisotopic (exact) mass is 255 g/mol. The molecule has 0 aliphatic carbocycles. The molecule has 5 nitrogen and oxygen atoms in total. The summed E-state index contributed by atoms with van der Waals surface area (Å²) in [5.41, 5.74) is 0.139. The Morgan fingerprint density at radius 3 is 2.41 bits per heavy atom. The molecule has 0 aromatic carbocycles. The zero-order valence-corrected chi connectivity index (χ0v) is 10.0. The van der Waals surface area contributed by atoms with Crippen molar-refractivity contribution in [3.8, 4) is 0 Å². The second kappa shape index (κ2) is 5.54. The molecule has 90 valence electrons. The van der Waals surface area contributed by atoms with E-state index in [1.165, 1.54) is 18.3 Å². The van der Waals surface area contributed by atoms with Gasteiger partial charge in [-0.15, -0.1) is 0 Å². The quantitative estimate of drug-likeness (QED) is 0.351. The summed E-state index contributed by atoms with van der Waals surface area (Å²) < 4.78 is 4.41. The average Bonchev–Trinajstić information content (AvgIpc) is 2.29. The van der Waals surface area contributed by atoms with Gasteiger partial charge in [-0.2, -0.15) is 0 Å². The Bertz CT molecular complexity index is 455. The van der Waals surface area contributed by atoms with Crippen LogP contribution in [0.1, 0.15) is 17.3 Å². The Hall–Kier alpha value is -1.75. The first-order chi connectivity index (χ1) is 7.97. The summed E-state index contributed by atoms with van der Waals surface area (Å²) in [6, 6.07) is 2.81. The molecule has 1 atom stereocenters. The van der Waals surface area contributed by atoms with Crippen LogP contribution >= 0.6 is 11.6 Å². The molecule has 0 saturated carbocycles. The van der Waals surface area contributed by atoms with Gasteiger partial charge in [-0.05, 0) is 19.1 Å². The lowest BCUT2D eigenvalue weighted by atomic mass is 9.95. The normalized spacial score (nSPS) is 11.7. The Balaban J connectivity index is 3.04. The zero-order valence-electron chi connectivity index (χ0n) is 9.27. The van der Waals surface area contributed by atoms with Gasteiger partial charge >= 0.3 is 5.97 Å². The van der Waals surface area contributed by atoms with E-state index in [-0.39, 0.29) is 10.7 Å². The number of ketones is 2. The number of carbonyl (C=O) groups excluding carboxylic acids is 3. The van der Waals surface area contributed by atoms with Crippen LogP contribution in [-0.2, 0) is 14.3 Å². The zero-order chi connectivity index (χ0) is 13.0. The predicted octanol–water partition coefficient (Wildman–Crippen LogP) is 1.30. The molecule has 0 spiro atoms. The van der Waals surface area contributed by atoms with E-state index in [9.17, 15) is 14.4 Å². The Morgan fingerprint density at radius 2 is 2.00 bits per heavy atom. The largest absolute Gasteiger partial charge is 0.468 e. The maximum atomic E-state index is 11.9. The fourth-order valence-electron chi connectivity index (χ4n) is 1.26. The van der Waals surface area contributed by atoms with Gasteiger partial charge in [-0.1, -0.05) is 11.6 Å². The Kier molecular flexibility index (Phi) is 4.34. The first-order valence-corrected chi connectivity index (χ1v) is 5.09. The molecular formula is C11H10ClNO4. The van der Waals surface area contributed by atoms with E-state index in [0.717, 1.165) is 14.0 Å². The molecule has 1 unspecified atom stereocenters. The number of hydrogen-bond donors (Lipinski definition) is 0. The van der Waals surface area contributed by atoms with Crippen LogP contribution in [-0.4, -0.2) is 29.6 Å². The van der Waals surface area contributed by atoms with Crippen LogP contribution in [0, 0.1) is 5.92 Å². The van der Waals surface area contributed by atoms with Crippen LogP contribution < -0.4 is 0 Å². The predicted molar refractivity (Wildman–Crippen MR) is 59.8 cm³/mol. The third-order valence-corrected chi connectivity index (χ3v) is 2.34.